The molecule has 9 heteroatoms. The lowest BCUT2D eigenvalue weighted by molar-refractivity contribution is 0.415. The highest BCUT2D eigenvalue weighted by molar-refractivity contribution is 7.98. The minimum absolute atomic E-state index is 0.0781. The number of hydrogen-bond donors (Lipinski definition) is 0. The molecule has 0 radical (unpaired) electrons. The summed E-state index contributed by atoms with van der Waals surface area (Å²) in [6.07, 6.45) is 0. The van der Waals surface area contributed by atoms with E-state index < -0.39 is 0 Å². The average Bonchev–Trinajstić information content (AvgIpc) is 3.43. The number of benzene rings is 2. The van der Waals surface area contributed by atoms with E-state index in [9.17, 15) is 4.79 Å². The van der Waals surface area contributed by atoms with Crippen LogP contribution in [0.2, 0.25) is 0 Å². The van der Waals surface area contributed by atoms with E-state index in [1.165, 1.54) is 4.57 Å². The van der Waals surface area contributed by atoms with Crippen molar-refractivity contribution in [2.75, 3.05) is 7.11 Å². The zero-order chi connectivity index (χ0) is 20.7. The van der Waals surface area contributed by atoms with Crippen LogP contribution in [-0.2, 0) is 12.8 Å². The number of fused-ring (bicyclic) bond motifs is 3. The maximum absolute atomic E-state index is 12.6. The lowest BCUT2D eigenvalue weighted by Crippen LogP contribution is -2.20. The highest BCUT2D eigenvalue weighted by Crippen LogP contribution is 2.29. The van der Waals surface area contributed by atoms with E-state index in [0.29, 0.717) is 16.9 Å². The van der Waals surface area contributed by atoms with Crippen molar-refractivity contribution in [1.29, 1.82) is 0 Å². The normalized spacial score (nSPS) is 11.4. The number of hydrogen-bond acceptors (Lipinski definition) is 7. The first kappa shape index (κ1) is 18.8. The Balaban J connectivity index is 1.45. The van der Waals surface area contributed by atoms with Crippen LogP contribution in [0.15, 0.2) is 63.9 Å². The van der Waals surface area contributed by atoms with Crippen LogP contribution in [0.4, 0.5) is 0 Å². The summed E-state index contributed by atoms with van der Waals surface area (Å²) in [4.78, 5) is 17.3. The second kappa shape index (κ2) is 7.58. The Labute approximate surface area is 180 Å². The molecule has 5 rings (SSSR count). The van der Waals surface area contributed by atoms with Gasteiger partial charge in [0.1, 0.15) is 10.8 Å². The Morgan fingerprint density at radius 3 is 2.70 bits per heavy atom. The monoisotopic (exact) mass is 435 g/mol. The van der Waals surface area contributed by atoms with Gasteiger partial charge in [0.25, 0.3) is 5.56 Å². The van der Waals surface area contributed by atoms with Gasteiger partial charge in [-0.15, -0.1) is 21.5 Å². The van der Waals surface area contributed by atoms with E-state index in [4.69, 9.17) is 9.72 Å². The van der Waals surface area contributed by atoms with Crippen LogP contribution in [0.1, 0.15) is 5.69 Å². The molecule has 0 unspecified atom stereocenters. The Kier molecular flexibility index (Phi) is 4.76. The van der Waals surface area contributed by atoms with Crippen LogP contribution >= 0.6 is 23.1 Å². The van der Waals surface area contributed by atoms with Crippen molar-refractivity contribution < 1.29 is 4.74 Å². The van der Waals surface area contributed by atoms with Crippen LogP contribution in [-0.4, -0.2) is 31.3 Å². The summed E-state index contributed by atoms with van der Waals surface area (Å²) < 4.78 is 8.68. The molecule has 3 aromatic heterocycles. The summed E-state index contributed by atoms with van der Waals surface area (Å²) in [5.41, 5.74) is 2.76. The SMILES string of the molecule is COc1ccc(-c2nc(CSc3nnc4n(C)c(=O)c5ccccc5n34)cs2)cc1. The topological polar surface area (TPSA) is 74.3 Å². The number of para-hydroxylation sites is 1. The van der Waals surface area contributed by atoms with Gasteiger partial charge in [-0.3, -0.25) is 13.8 Å². The molecule has 7 nitrogen and oxygen atoms in total. The number of aromatic nitrogens is 5. The lowest BCUT2D eigenvalue weighted by atomic mass is 10.2. The standard InChI is InChI=1S/C21H17N5O2S2/c1-25-19(27)16-5-3-4-6-17(16)26-20(25)23-24-21(26)30-12-14-11-29-18(22-14)13-7-9-15(28-2)10-8-13/h3-11H,12H2,1-2H3. The molecule has 0 fully saturated rings. The van der Waals surface area contributed by atoms with Gasteiger partial charge in [0, 0.05) is 23.7 Å². The Bertz CT molecular complexity index is 1420. The third-order valence-corrected chi connectivity index (χ3v) is 6.74. The molecule has 2 aromatic carbocycles. The smallest absolute Gasteiger partial charge is 0.262 e. The van der Waals surface area contributed by atoms with Crippen molar-refractivity contribution in [2.24, 2.45) is 7.05 Å². The van der Waals surface area contributed by atoms with E-state index in [1.54, 1.807) is 37.3 Å². The maximum Gasteiger partial charge on any atom is 0.262 e. The molecule has 3 heterocycles. The van der Waals surface area contributed by atoms with Gasteiger partial charge < -0.3 is 4.74 Å². The number of thiazole rings is 1. The van der Waals surface area contributed by atoms with E-state index in [0.717, 1.165) is 32.7 Å². The second-order valence-electron chi connectivity index (χ2n) is 6.66. The molecule has 0 saturated heterocycles. The van der Waals surface area contributed by atoms with Crippen molar-refractivity contribution in [2.45, 2.75) is 10.9 Å². The zero-order valence-corrected chi connectivity index (χ0v) is 17.9. The zero-order valence-electron chi connectivity index (χ0n) is 16.3. The number of nitrogens with zero attached hydrogens (tertiary/aromatic N) is 5. The first-order valence-electron chi connectivity index (χ1n) is 9.20. The Hall–Kier alpha value is -3.17. The summed E-state index contributed by atoms with van der Waals surface area (Å²) in [7, 11) is 3.37. The summed E-state index contributed by atoms with van der Waals surface area (Å²) in [6, 6.07) is 15.4. The lowest BCUT2D eigenvalue weighted by Gasteiger charge is -2.07. The molecule has 0 N–H and O–H groups in total. The third-order valence-electron chi connectivity index (χ3n) is 4.83. The van der Waals surface area contributed by atoms with Gasteiger partial charge in [-0.1, -0.05) is 23.9 Å². The van der Waals surface area contributed by atoms with Gasteiger partial charge in [0.15, 0.2) is 5.16 Å². The fourth-order valence-corrected chi connectivity index (χ4v) is 5.05. The van der Waals surface area contributed by atoms with Crippen LogP contribution in [0.25, 0.3) is 27.3 Å². The Morgan fingerprint density at radius 2 is 1.90 bits per heavy atom. The van der Waals surface area contributed by atoms with Crippen molar-refractivity contribution in [3.05, 3.63) is 70.0 Å². The molecule has 0 aliphatic rings. The van der Waals surface area contributed by atoms with Gasteiger partial charge in [-0.2, -0.15) is 0 Å². The molecule has 0 spiro atoms. The van der Waals surface area contributed by atoms with Crippen molar-refractivity contribution in [3.8, 4) is 16.3 Å². The van der Waals surface area contributed by atoms with Crippen LogP contribution < -0.4 is 10.3 Å². The van der Waals surface area contributed by atoms with Gasteiger partial charge in [0.2, 0.25) is 5.78 Å². The van der Waals surface area contributed by atoms with Crippen molar-refractivity contribution in [1.82, 2.24) is 24.1 Å². The number of thioether (sulfide) groups is 1. The molecule has 150 valence electrons. The van der Waals surface area contributed by atoms with Gasteiger partial charge in [-0.05, 0) is 36.4 Å². The molecular formula is C21H17N5O2S2. The molecule has 0 aliphatic heterocycles. The number of ether oxygens (including phenoxy) is 1. The van der Waals surface area contributed by atoms with Crippen molar-refractivity contribution in [3.63, 3.8) is 0 Å². The van der Waals surface area contributed by atoms with Crippen molar-refractivity contribution >= 4 is 39.8 Å². The number of rotatable bonds is 5. The van der Waals surface area contributed by atoms with Gasteiger partial charge in [-0.25, -0.2) is 4.98 Å². The molecule has 0 bridgehead atoms. The second-order valence-corrected chi connectivity index (χ2v) is 8.46. The number of aryl methyl sites for hydroxylation is 1. The Morgan fingerprint density at radius 1 is 1.10 bits per heavy atom. The van der Waals surface area contributed by atoms with Crippen LogP contribution in [0.3, 0.4) is 0 Å². The van der Waals surface area contributed by atoms with E-state index in [1.807, 2.05) is 52.9 Å². The highest BCUT2D eigenvalue weighted by atomic mass is 32.2. The van der Waals surface area contributed by atoms with E-state index in [-0.39, 0.29) is 5.56 Å². The highest BCUT2D eigenvalue weighted by Gasteiger charge is 2.15. The third kappa shape index (κ3) is 3.16. The predicted octanol–water partition coefficient (Wildman–Crippen LogP) is 4.01. The molecule has 0 aliphatic carbocycles. The minimum atomic E-state index is -0.0781. The number of methoxy groups -OCH3 is 1. The fourth-order valence-electron chi connectivity index (χ4n) is 3.28. The molecule has 0 atom stereocenters. The minimum Gasteiger partial charge on any atom is -0.497 e. The van der Waals surface area contributed by atoms with Crippen LogP contribution in [0.5, 0.6) is 5.75 Å². The first-order valence-corrected chi connectivity index (χ1v) is 11.1. The summed E-state index contributed by atoms with van der Waals surface area (Å²) >= 11 is 3.16. The van der Waals surface area contributed by atoms with Gasteiger partial charge >= 0.3 is 0 Å². The summed E-state index contributed by atoms with van der Waals surface area (Å²) in [6.45, 7) is 0. The molecule has 5 aromatic rings. The molecule has 30 heavy (non-hydrogen) atoms. The largest absolute Gasteiger partial charge is 0.497 e. The summed E-state index contributed by atoms with van der Waals surface area (Å²) in [5.74, 6) is 2.01. The fraction of sp³-hybridized carbons (Fsp3) is 0.143. The van der Waals surface area contributed by atoms with Crippen LogP contribution in [0, 0.1) is 0 Å². The van der Waals surface area contributed by atoms with Gasteiger partial charge in [0.05, 0.1) is 23.7 Å². The molecule has 0 amide bonds. The molecular weight excluding hydrogens is 418 g/mol. The summed E-state index contributed by atoms with van der Waals surface area (Å²) in [5, 5.41) is 13.0. The predicted molar refractivity (Wildman–Crippen MR) is 119 cm³/mol. The molecule has 0 saturated carbocycles. The van der Waals surface area contributed by atoms with E-state index in [2.05, 4.69) is 15.6 Å². The maximum atomic E-state index is 12.6. The van der Waals surface area contributed by atoms with E-state index >= 15 is 0 Å². The quantitative estimate of drug-likeness (QED) is 0.389. The average molecular weight is 436 g/mol. The first-order chi connectivity index (χ1) is 14.7.